The second kappa shape index (κ2) is 2.87. The van der Waals surface area contributed by atoms with Gasteiger partial charge in [0.05, 0.1) is 5.88 Å². The minimum atomic E-state index is 0.281. The predicted molar refractivity (Wildman–Crippen MR) is 50.5 cm³/mol. The van der Waals surface area contributed by atoms with E-state index in [4.69, 9.17) is 11.6 Å². The Labute approximate surface area is 77.2 Å². The third-order valence-corrected chi connectivity index (χ3v) is 2.50. The summed E-state index contributed by atoms with van der Waals surface area (Å²) in [6.45, 7) is 2.08. The van der Waals surface area contributed by atoms with Crippen molar-refractivity contribution in [3.8, 4) is 0 Å². The highest BCUT2D eigenvalue weighted by molar-refractivity contribution is 6.19. The minimum Gasteiger partial charge on any atom is -0.363 e. The summed E-state index contributed by atoms with van der Waals surface area (Å²) in [5.74, 6) is 0.556. The lowest BCUT2D eigenvalue weighted by Gasteiger charge is -2.23. The van der Waals surface area contributed by atoms with Crippen LogP contribution in [0.3, 0.4) is 0 Å². The highest BCUT2D eigenvalue weighted by Crippen LogP contribution is 2.23. The summed E-state index contributed by atoms with van der Waals surface area (Å²) in [6.07, 6.45) is 8.52. The predicted octanol–water partition coefficient (Wildman–Crippen LogP) is 1.77. The van der Waals surface area contributed by atoms with Gasteiger partial charge < -0.3 is 10.2 Å². The summed E-state index contributed by atoms with van der Waals surface area (Å²) in [4.78, 5) is 2.18. The molecule has 1 unspecified atom stereocenters. The van der Waals surface area contributed by atoms with Gasteiger partial charge in [-0.3, -0.25) is 0 Å². The van der Waals surface area contributed by atoms with Gasteiger partial charge in [0.2, 0.25) is 0 Å². The molecule has 64 valence electrons. The van der Waals surface area contributed by atoms with Gasteiger partial charge in [-0.1, -0.05) is 6.08 Å². The summed E-state index contributed by atoms with van der Waals surface area (Å²) in [5, 5.41) is 3.33. The van der Waals surface area contributed by atoms with Crippen LogP contribution in [0.1, 0.15) is 6.92 Å². The number of nitrogens with zero attached hydrogens (tertiary/aromatic N) is 1. The van der Waals surface area contributed by atoms with Crippen molar-refractivity contribution in [3.05, 3.63) is 35.8 Å². The molecule has 2 heterocycles. The first-order chi connectivity index (χ1) is 5.83. The molecule has 0 radical (unpaired) electrons. The first-order valence-corrected chi connectivity index (χ1v) is 4.52. The van der Waals surface area contributed by atoms with E-state index in [9.17, 15) is 0 Å². The molecule has 2 rings (SSSR count). The van der Waals surface area contributed by atoms with Gasteiger partial charge in [-0.25, -0.2) is 0 Å². The number of alkyl halides is 1. The van der Waals surface area contributed by atoms with Crippen molar-refractivity contribution in [1.82, 2.24) is 10.2 Å². The highest BCUT2D eigenvalue weighted by atomic mass is 35.5. The van der Waals surface area contributed by atoms with Crippen LogP contribution in [0.5, 0.6) is 0 Å². The summed E-state index contributed by atoms with van der Waals surface area (Å²) in [5.41, 5.74) is 2.34. The topological polar surface area (TPSA) is 15.3 Å². The molecule has 0 aliphatic carbocycles. The fraction of sp³-hybridized carbons (Fsp3) is 0.333. The Morgan fingerprint density at radius 2 is 2.42 bits per heavy atom. The average Bonchev–Trinajstić information content (AvgIpc) is 2.44. The first kappa shape index (κ1) is 7.74. The van der Waals surface area contributed by atoms with Crippen LogP contribution in [0.2, 0.25) is 0 Å². The van der Waals surface area contributed by atoms with Gasteiger partial charge in [0, 0.05) is 17.6 Å². The van der Waals surface area contributed by atoms with Gasteiger partial charge in [0.15, 0.2) is 0 Å². The third kappa shape index (κ3) is 1.03. The second-order valence-corrected chi connectivity index (χ2v) is 3.19. The van der Waals surface area contributed by atoms with E-state index in [-0.39, 0.29) is 6.17 Å². The summed E-state index contributed by atoms with van der Waals surface area (Å²) >= 11 is 5.77. The zero-order valence-corrected chi connectivity index (χ0v) is 7.67. The Bertz CT molecular complexity index is 278. The molecule has 2 aliphatic rings. The number of rotatable bonds is 1. The van der Waals surface area contributed by atoms with E-state index in [0.717, 1.165) is 5.70 Å². The van der Waals surface area contributed by atoms with Crippen molar-refractivity contribution in [2.45, 2.75) is 13.1 Å². The standard InChI is InChI=1S/C9H11ClN2/c1-7-8(6-10)11-9-4-2-3-5-12(7)9/h2-5,9,11H,6H2,1H3. The lowest BCUT2D eigenvalue weighted by Crippen LogP contribution is -2.33. The Morgan fingerprint density at radius 3 is 3.08 bits per heavy atom. The molecule has 3 heteroatoms. The highest BCUT2D eigenvalue weighted by Gasteiger charge is 2.25. The van der Waals surface area contributed by atoms with Crippen LogP contribution in [-0.2, 0) is 0 Å². The Morgan fingerprint density at radius 1 is 1.58 bits per heavy atom. The minimum absolute atomic E-state index is 0.281. The fourth-order valence-electron chi connectivity index (χ4n) is 1.51. The van der Waals surface area contributed by atoms with Crippen molar-refractivity contribution in [2.24, 2.45) is 0 Å². The Balaban J connectivity index is 2.27. The van der Waals surface area contributed by atoms with Crippen molar-refractivity contribution in [1.29, 1.82) is 0 Å². The molecule has 0 aromatic heterocycles. The van der Waals surface area contributed by atoms with Crippen LogP contribution in [0.15, 0.2) is 35.8 Å². The van der Waals surface area contributed by atoms with Gasteiger partial charge in [-0.2, -0.15) is 0 Å². The molecule has 0 amide bonds. The van der Waals surface area contributed by atoms with Crippen LogP contribution in [0.25, 0.3) is 0 Å². The van der Waals surface area contributed by atoms with Gasteiger partial charge in [-0.15, -0.1) is 11.6 Å². The van der Waals surface area contributed by atoms with Gasteiger partial charge in [0.25, 0.3) is 0 Å². The smallest absolute Gasteiger partial charge is 0.122 e. The Hall–Kier alpha value is -0.890. The lowest BCUT2D eigenvalue weighted by atomic mass is 10.3. The van der Waals surface area contributed by atoms with Crippen molar-refractivity contribution < 1.29 is 0 Å². The van der Waals surface area contributed by atoms with E-state index in [2.05, 4.69) is 29.4 Å². The summed E-state index contributed by atoms with van der Waals surface area (Å²) in [7, 11) is 0. The van der Waals surface area contributed by atoms with Crippen LogP contribution in [0, 0.1) is 0 Å². The van der Waals surface area contributed by atoms with Crippen molar-refractivity contribution in [2.75, 3.05) is 5.88 Å². The normalized spacial score (nSPS) is 26.2. The van der Waals surface area contributed by atoms with Crippen LogP contribution in [-0.4, -0.2) is 16.9 Å². The maximum Gasteiger partial charge on any atom is 0.122 e. The second-order valence-electron chi connectivity index (χ2n) is 2.92. The van der Waals surface area contributed by atoms with E-state index in [1.54, 1.807) is 0 Å². The van der Waals surface area contributed by atoms with E-state index in [1.807, 2.05) is 12.2 Å². The van der Waals surface area contributed by atoms with Crippen LogP contribution < -0.4 is 5.32 Å². The molecule has 2 aliphatic heterocycles. The first-order valence-electron chi connectivity index (χ1n) is 3.98. The maximum atomic E-state index is 5.77. The van der Waals surface area contributed by atoms with Crippen LogP contribution >= 0.6 is 11.6 Å². The number of nitrogens with one attached hydrogen (secondary N) is 1. The van der Waals surface area contributed by atoms with Crippen LogP contribution in [0.4, 0.5) is 0 Å². The monoisotopic (exact) mass is 182 g/mol. The molecule has 0 bridgehead atoms. The number of hydrogen-bond acceptors (Lipinski definition) is 2. The number of hydrogen-bond donors (Lipinski definition) is 1. The third-order valence-electron chi connectivity index (χ3n) is 2.23. The molecule has 1 N–H and O–H groups in total. The molecule has 1 atom stereocenters. The molecular weight excluding hydrogens is 172 g/mol. The van der Waals surface area contributed by atoms with Crippen molar-refractivity contribution in [3.63, 3.8) is 0 Å². The molecule has 0 aromatic rings. The van der Waals surface area contributed by atoms with E-state index in [1.165, 1.54) is 5.70 Å². The molecule has 0 saturated carbocycles. The largest absolute Gasteiger partial charge is 0.363 e. The van der Waals surface area contributed by atoms with E-state index in [0.29, 0.717) is 5.88 Å². The molecule has 12 heavy (non-hydrogen) atoms. The number of allylic oxidation sites excluding steroid dienone is 4. The van der Waals surface area contributed by atoms with Crippen molar-refractivity contribution >= 4 is 11.6 Å². The number of fused-ring (bicyclic) bond motifs is 1. The van der Waals surface area contributed by atoms with E-state index >= 15 is 0 Å². The number of halogens is 1. The van der Waals surface area contributed by atoms with Gasteiger partial charge in [0.1, 0.15) is 6.17 Å². The average molecular weight is 183 g/mol. The molecule has 0 saturated heterocycles. The molecular formula is C9H11ClN2. The molecule has 2 nitrogen and oxygen atoms in total. The molecule has 0 spiro atoms. The quantitative estimate of drug-likeness (QED) is 0.622. The summed E-state index contributed by atoms with van der Waals surface area (Å²) in [6, 6.07) is 0. The maximum absolute atomic E-state index is 5.77. The fourth-order valence-corrected chi connectivity index (χ4v) is 1.78. The molecule has 0 aromatic carbocycles. The van der Waals surface area contributed by atoms with Gasteiger partial charge >= 0.3 is 0 Å². The van der Waals surface area contributed by atoms with E-state index < -0.39 is 0 Å². The Kier molecular flexibility index (Phi) is 1.85. The molecule has 0 fully saturated rings. The lowest BCUT2D eigenvalue weighted by molar-refractivity contribution is 0.400. The zero-order chi connectivity index (χ0) is 8.55. The SMILES string of the molecule is CC1=C(CCl)NC2C=CC=CN12. The summed E-state index contributed by atoms with van der Waals surface area (Å²) < 4.78 is 0. The zero-order valence-electron chi connectivity index (χ0n) is 6.92. The van der Waals surface area contributed by atoms with Gasteiger partial charge in [-0.05, 0) is 19.1 Å².